The number of hydrogen-bond donors (Lipinski definition) is 0. The lowest BCUT2D eigenvalue weighted by atomic mass is 10.0. The summed E-state index contributed by atoms with van der Waals surface area (Å²) in [4.78, 5) is 26.2. The fourth-order valence-corrected chi connectivity index (χ4v) is 2.65. The smallest absolute Gasteiger partial charge is 0.285 e. The normalized spacial score (nSPS) is 18.4. The lowest BCUT2D eigenvalue weighted by Crippen LogP contribution is -2.43. The first-order valence-corrected chi connectivity index (χ1v) is 7.20. The molecule has 1 unspecified atom stereocenters. The molecule has 1 aromatic heterocycles. The molecule has 1 amide bonds. The molecule has 1 aliphatic rings. The maximum atomic E-state index is 12.3. The van der Waals surface area contributed by atoms with Gasteiger partial charge in [-0.1, -0.05) is 6.92 Å². The van der Waals surface area contributed by atoms with Gasteiger partial charge < -0.3 is 4.90 Å². The molecule has 21 heavy (non-hydrogen) atoms. The number of hydrogen-bond acceptors (Lipinski definition) is 4. The summed E-state index contributed by atoms with van der Waals surface area (Å²) in [6, 6.07) is 1.91. The van der Waals surface area contributed by atoms with Crippen molar-refractivity contribution < 1.29 is 4.79 Å². The van der Waals surface area contributed by atoms with E-state index in [4.69, 9.17) is 5.26 Å². The van der Waals surface area contributed by atoms with Gasteiger partial charge in [-0.05, 0) is 38.2 Å². The Balaban J connectivity index is 2.24. The van der Waals surface area contributed by atoms with E-state index in [1.54, 1.807) is 18.7 Å². The molecule has 0 radical (unpaired) electrons. The summed E-state index contributed by atoms with van der Waals surface area (Å²) in [6.45, 7) is 6.91. The lowest BCUT2D eigenvalue weighted by molar-refractivity contribution is -0.133. The van der Waals surface area contributed by atoms with E-state index >= 15 is 0 Å². The molecule has 112 valence electrons. The van der Waals surface area contributed by atoms with Crippen molar-refractivity contribution in [2.75, 3.05) is 13.1 Å². The first-order valence-electron chi connectivity index (χ1n) is 7.20. The van der Waals surface area contributed by atoms with Crippen LogP contribution in [0.5, 0.6) is 0 Å². The number of piperidine rings is 1. The second-order valence-electron chi connectivity index (χ2n) is 5.75. The van der Waals surface area contributed by atoms with Crippen LogP contribution in [0.25, 0.3) is 0 Å². The number of aromatic nitrogens is 2. The molecule has 1 atom stereocenters. The zero-order chi connectivity index (χ0) is 15.6. The van der Waals surface area contributed by atoms with E-state index in [0.29, 0.717) is 17.2 Å². The van der Waals surface area contributed by atoms with Crippen LogP contribution in [0, 0.1) is 31.1 Å². The number of amides is 1. The van der Waals surface area contributed by atoms with Crippen molar-refractivity contribution in [2.24, 2.45) is 5.92 Å². The molecule has 1 aliphatic heterocycles. The molecule has 6 heteroatoms. The van der Waals surface area contributed by atoms with Gasteiger partial charge in [0.25, 0.3) is 5.56 Å². The van der Waals surface area contributed by atoms with E-state index in [0.717, 1.165) is 30.6 Å². The van der Waals surface area contributed by atoms with Gasteiger partial charge in [0.15, 0.2) is 0 Å². The molecular weight excluding hydrogens is 268 g/mol. The SMILES string of the molecule is Cc1nn(CC(=O)N2CCCC(C)C2)c(=O)c(C#N)c1C. The summed E-state index contributed by atoms with van der Waals surface area (Å²) in [5.41, 5.74) is 0.769. The van der Waals surface area contributed by atoms with Gasteiger partial charge >= 0.3 is 0 Å². The van der Waals surface area contributed by atoms with Gasteiger partial charge in [0, 0.05) is 13.1 Å². The third-order valence-corrected chi connectivity index (χ3v) is 4.04. The molecule has 1 aromatic rings. The summed E-state index contributed by atoms with van der Waals surface area (Å²) >= 11 is 0. The largest absolute Gasteiger partial charge is 0.341 e. The summed E-state index contributed by atoms with van der Waals surface area (Å²) < 4.78 is 1.11. The topological polar surface area (TPSA) is 79.0 Å². The van der Waals surface area contributed by atoms with Gasteiger partial charge in [0.2, 0.25) is 5.91 Å². The minimum Gasteiger partial charge on any atom is -0.341 e. The minimum absolute atomic E-state index is 0.0716. The van der Waals surface area contributed by atoms with Crippen molar-refractivity contribution in [3.63, 3.8) is 0 Å². The molecule has 0 N–H and O–H groups in total. The van der Waals surface area contributed by atoms with E-state index in [-0.39, 0.29) is 18.0 Å². The van der Waals surface area contributed by atoms with Gasteiger partial charge in [-0.15, -0.1) is 0 Å². The first-order chi connectivity index (χ1) is 9.93. The first kappa shape index (κ1) is 15.2. The number of nitriles is 1. The van der Waals surface area contributed by atoms with E-state index in [2.05, 4.69) is 12.0 Å². The van der Waals surface area contributed by atoms with Gasteiger partial charge in [-0.2, -0.15) is 10.4 Å². The second-order valence-corrected chi connectivity index (χ2v) is 5.75. The third-order valence-electron chi connectivity index (χ3n) is 4.04. The van der Waals surface area contributed by atoms with Crippen molar-refractivity contribution in [3.05, 3.63) is 27.2 Å². The zero-order valence-electron chi connectivity index (χ0n) is 12.7. The molecule has 2 heterocycles. The van der Waals surface area contributed by atoms with Gasteiger partial charge in [-0.3, -0.25) is 9.59 Å². The molecule has 0 bridgehead atoms. The molecule has 2 rings (SSSR count). The van der Waals surface area contributed by atoms with Crippen LogP contribution >= 0.6 is 0 Å². The predicted octanol–water partition coefficient (Wildman–Crippen LogP) is 0.990. The van der Waals surface area contributed by atoms with Crippen LogP contribution < -0.4 is 5.56 Å². The predicted molar refractivity (Wildman–Crippen MR) is 77.7 cm³/mol. The van der Waals surface area contributed by atoms with Crippen LogP contribution in [0.15, 0.2) is 4.79 Å². The highest BCUT2D eigenvalue weighted by molar-refractivity contribution is 5.76. The fourth-order valence-electron chi connectivity index (χ4n) is 2.65. The van der Waals surface area contributed by atoms with Crippen molar-refractivity contribution in [1.82, 2.24) is 14.7 Å². The summed E-state index contributed by atoms with van der Waals surface area (Å²) in [5.74, 6) is 0.380. The zero-order valence-corrected chi connectivity index (χ0v) is 12.7. The number of carbonyl (C=O) groups excluding carboxylic acids is 1. The Kier molecular flexibility index (Phi) is 4.41. The summed E-state index contributed by atoms with van der Waals surface area (Å²) in [7, 11) is 0. The molecule has 0 aliphatic carbocycles. The molecule has 0 saturated carbocycles. The Morgan fingerprint density at radius 2 is 2.19 bits per heavy atom. The highest BCUT2D eigenvalue weighted by Gasteiger charge is 2.22. The standard InChI is InChI=1S/C15H20N4O2/c1-10-5-4-6-18(8-10)14(20)9-19-15(21)13(7-16)11(2)12(3)17-19/h10H,4-6,8-9H2,1-3H3. The Bertz CT molecular complexity index is 657. The van der Waals surface area contributed by atoms with Crippen molar-refractivity contribution in [3.8, 4) is 6.07 Å². The van der Waals surface area contributed by atoms with Gasteiger partial charge in [0.05, 0.1) is 5.69 Å². The number of nitrogens with zero attached hydrogens (tertiary/aromatic N) is 4. The Hall–Kier alpha value is -2.16. The third kappa shape index (κ3) is 3.13. The fraction of sp³-hybridized carbons (Fsp3) is 0.600. The van der Waals surface area contributed by atoms with Gasteiger partial charge in [0.1, 0.15) is 18.2 Å². The quantitative estimate of drug-likeness (QED) is 0.813. The van der Waals surface area contributed by atoms with Gasteiger partial charge in [-0.25, -0.2) is 4.68 Å². The molecular formula is C15H20N4O2. The van der Waals surface area contributed by atoms with E-state index < -0.39 is 5.56 Å². The van der Waals surface area contributed by atoms with Crippen LogP contribution in [0.1, 0.15) is 36.6 Å². The van der Waals surface area contributed by atoms with Crippen LogP contribution in [0.2, 0.25) is 0 Å². The average Bonchev–Trinajstić information content (AvgIpc) is 2.45. The monoisotopic (exact) mass is 288 g/mol. The molecule has 0 spiro atoms. The molecule has 1 saturated heterocycles. The van der Waals surface area contributed by atoms with Crippen LogP contribution in [0.3, 0.4) is 0 Å². The maximum Gasteiger partial charge on any atom is 0.285 e. The Morgan fingerprint density at radius 1 is 1.48 bits per heavy atom. The van der Waals surface area contributed by atoms with Crippen molar-refractivity contribution >= 4 is 5.91 Å². The van der Waals surface area contributed by atoms with E-state index in [1.807, 2.05) is 6.07 Å². The highest BCUT2D eigenvalue weighted by atomic mass is 16.2. The van der Waals surface area contributed by atoms with E-state index in [9.17, 15) is 9.59 Å². The Morgan fingerprint density at radius 3 is 2.81 bits per heavy atom. The Labute approximate surface area is 124 Å². The average molecular weight is 288 g/mol. The lowest BCUT2D eigenvalue weighted by Gasteiger charge is -2.31. The van der Waals surface area contributed by atoms with Crippen LogP contribution in [-0.4, -0.2) is 33.7 Å². The van der Waals surface area contributed by atoms with E-state index in [1.165, 1.54) is 0 Å². The number of likely N-dealkylation sites (tertiary alicyclic amines) is 1. The van der Waals surface area contributed by atoms with Crippen LogP contribution in [-0.2, 0) is 11.3 Å². The number of rotatable bonds is 2. The second kappa shape index (κ2) is 6.08. The number of carbonyl (C=O) groups is 1. The summed E-state index contributed by atoms with van der Waals surface area (Å²) in [5, 5.41) is 13.2. The van der Waals surface area contributed by atoms with Crippen molar-refractivity contribution in [1.29, 1.82) is 5.26 Å². The minimum atomic E-state index is -0.487. The molecule has 1 fully saturated rings. The molecule has 6 nitrogen and oxygen atoms in total. The summed E-state index contributed by atoms with van der Waals surface area (Å²) in [6.07, 6.45) is 2.12. The molecule has 0 aromatic carbocycles. The van der Waals surface area contributed by atoms with Crippen molar-refractivity contribution in [2.45, 2.75) is 40.2 Å². The van der Waals surface area contributed by atoms with Crippen LogP contribution in [0.4, 0.5) is 0 Å². The maximum absolute atomic E-state index is 12.3. The highest BCUT2D eigenvalue weighted by Crippen LogP contribution is 2.15. The number of aryl methyl sites for hydroxylation is 1.